The lowest BCUT2D eigenvalue weighted by molar-refractivity contribution is -0.147. The first-order valence-corrected chi connectivity index (χ1v) is 12.7. The normalized spacial score (nSPS) is 12.4. The van der Waals surface area contributed by atoms with Crippen molar-refractivity contribution in [2.24, 2.45) is 10.8 Å². The minimum atomic E-state index is -0.708. The number of aliphatic hydroxyl groups is 1. The van der Waals surface area contributed by atoms with Crippen LogP contribution in [0, 0.1) is 10.8 Å². The molecule has 2 N–H and O–H groups in total. The standard InChI is InChI=1S/C25H38O3S2/c1-24(2,18-26)16-6-10-21-14-12-19(29-21)8-5-9-20-13-15-22(30-20)11-7-17-25(3,4)23(27)28/h12-15,26H,5-11,16-18H2,1-4H3,(H,27,28). The van der Waals surface area contributed by atoms with E-state index in [-0.39, 0.29) is 12.0 Å². The Morgan fingerprint density at radius 2 is 1.17 bits per heavy atom. The minimum Gasteiger partial charge on any atom is -0.481 e. The smallest absolute Gasteiger partial charge is 0.309 e. The molecule has 0 saturated heterocycles. The fourth-order valence-electron chi connectivity index (χ4n) is 3.45. The quantitative estimate of drug-likeness (QED) is 0.334. The number of hydrogen-bond donors (Lipinski definition) is 2. The summed E-state index contributed by atoms with van der Waals surface area (Å²) in [7, 11) is 0. The number of thiophene rings is 2. The molecule has 0 unspecified atom stereocenters. The van der Waals surface area contributed by atoms with Crippen LogP contribution >= 0.6 is 22.7 Å². The van der Waals surface area contributed by atoms with Gasteiger partial charge in [-0.15, -0.1) is 22.7 Å². The van der Waals surface area contributed by atoms with Crippen molar-refractivity contribution >= 4 is 28.6 Å². The highest BCUT2D eigenvalue weighted by molar-refractivity contribution is 7.12. The minimum absolute atomic E-state index is 0.0338. The van der Waals surface area contributed by atoms with E-state index in [1.807, 2.05) is 22.7 Å². The molecule has 3 nitrogen and oxygen atoms in total. The maximum atomic E-state index is 11.2. The number of aryl methyl sites for hydroxylation is 4. The molecule has 0 aliphatic heterocycles. The van der Waals surface area contributed by atoms with E-state index in [0.717, 1.165) is 44.9 Å². The van der Waals surface area contributed by atoms with Crippen molar-refractivity contribution in [2.75, 3.05) is 6.61 Å². The van der Waals surface area contributed by atoms with Gasteiger partial charge in [-0.3, -0.25) is 4.79 Å². The van der Waals surface area contributed by atoms with Gasteiger partial charge < -0.3 is 10.2 Å². The molecule has 2 rings (SSSR count). The summed E-state index contributed by atoms with van der Waals surface area (Å²) in [5, 5.41) is 18.6. The first-order valence-electron chi connectivity index (χ1n) is 11.1. The molecule has 0 spiro atoms. The number of aliphatic carboxylic acids is 1. The van der Waals surface area contributed by atoms with Gasteiger partial charge in [-0.25, -0.2) is 0 Å². The predicted molar refractivity (Wildman–Crippen MR) is 129 cm³/mol. The summed E-state index contributed by atoms with van der Waals surface area (Å²) < 4.78 is 0. The average molecular weight is 451 g/mol. The molecule has 5 heteroatoms. The van der Waals surface area contributed by atoms with E-state index in [1.165, 1.54) is 25.9 Å². The number of aliphatic hydroxyl groups excluding tert-OH is 1. The summed E-state index contributed by atoms with van der Waals surface area (Å²) >= 11 is 3.82. The van der Waals surface area contributed by atoms with E-state index in [2.05, 4.69) is 38.1 Å². The highest BCUT2D eigenvalue weighted by Crippen LogP contribution is 2.28. The van der Waals surface area contributed by atoms with Gasteiger partial charge in [0, 0.05) is 26.1 Å². The molecule has 168 valence electrons. The molecule has 2 aromatic rings. The number of carboxylic acids is 1. The second kappa shape index (κ2) is 11.4. The largest absolute Gasteiger partial charge is 0.481 e. The lowest BCUT2D eigenvalue weighted by Gasteiger charge is -2.20. The molecule has 0 fully saturated rings. The van der Waals surface area contributed by atoms with Gasteiger partial charge in [-0.1, -0.05) is 13.8 Å². The zero-order valence-electron chi connectivity index (χ0n) is 19.0. The third-order valence-electron chi connectivity index (χ3n) is 5.79. The lowest BCUT2D eigenvalue weighted by atomic mass is 9.87. The Hall–Kier alpha value is -1.17. The Balaban J connectivity index is 1.68. The third kappa shape index (κ3) is 8.52. The Bertz CT molecular complexity index is 786. The SMILES string of the molecule is CC(C)(CO)CCCc1ccc(CCCc2ccc(CCCC(C)(C)C(=O)O)s2)s1. The van der Waals surface area contributed by atoms with Gasteiger partial charge in [-0.05, 0) is 101 Å². The summed E-state index contributed by atoms with van der Waals surface area (Å²) in [5.41, 5.74) is -0.596. The number of carbonyl (C=O) groups is 1. The van der Waals surface area contributed by atoms with Gasteiger partial charge in [0.15, 0.2) is 0 Å². The molecule has 0 saturated carbocycles. The number of rotatable bonds is 14. The van der Waals surface area contributed by atoms with Gasteiger partial charge in [0.25, 0.3) is 0 Å². The van der Waals surface area contributed by atoms with Crippen LogP contribution in [0.25, 0.3) is 0 Å². The Kier molecular flexibility index (Phi) is 9.58. The highest BCUT2D eigenvalue weighted by Gasteiger charge is 2.26. The van der Waals surface area contributed by atoms with Gasteiger partial charge in [0.05, 0.1) is 5.41 Å². The van der Waals surface area contributed by atoms with Crippen molar-refractivity contribution in [1.82, 2.24) is 0 Å². The van der Waals surface area contributed by atoms with E-state index >= 15 is 0 Å². The highest BCUT2D eigenvalue weighted by atomic mass is 32.1. The summed E-state index contributed by atoms with van der Waals surface area (Å²) in [6.45, 7) is 8.12. The molecule has 0 amide bonds. The van der Waals surface area contributed by atoms with E-state index < -0.39 is 11.4 Å². The Labute approximate surface area is 190 Å². The zero-order chi connectivity index (χ0) is 22.2. The molecule has 0 aromatic carbocycles. The van der Waals surface area contributed by atoms with E-state index in [0.29, 0.717) is 6.42 Å². The van der Waals surface area contributed by atoms with E-state index in [4.69, 9.17) is 0 Å². The Morgan fingerprint density at radius 3 is 1.57 bits per heavy atom. The van der Waals surface area contributed by atoms with Crippen LogP contribution in [0.5, 0.6) is 0 Å². The first-order chi connectivity index (χ1) is 14.1. The monoisotopic (exact) mass is 450 g/mol. The second-order valence-corrected chi connectivity index (χ2v) is 12.3. The molecule has 0 atom stereocenters. The van der Waals surface area contributed by atoms with Crippen molar-refractivity contribution in [2.45, 2.75) is 85.5 Å². The van der Waals surface area contributed by atoms with Gasteiger partial charge in [-0.2, -0.15) is 0 Å². The molecule has 0 bridgehead atoms. The van der Waals surface area contributed by atoms with Gasteiger partial charge in [0.2, 0.25) is 0 Å². The van der Waals surface area contributed by atoms with Gasteiger partial charge in [0.1, 0.15) is 0 Å². The summed E-state index contributed by atoms with van der Waals surface area (Å²) in [5.74, 6) is -0.708. The second-order valence-electron chi connectivity index (χ2n) is 9.81. The molecule has 0 radical (unpaired) electrons. The Morgan fingerprint density at radius 1 is 0.767 bits per heavy atom. The van der Waals surface area contributed by atoms with Crippen LogP contribution in [0.2, 0.25) is 0 Å². The lowest BCUT2D eigenvalue weighted by Crippen LogP contribution is -2.23. The van der Waals surface area contributed by atoms with Crippen LogP contribution < -0.4 is 0 Å². The van der Waals surface area contributed by atoms with Crippen molar-refractivity contribution in [3.63, 3.8) is 0 Å². The van der Waals surface area contributed by atoms with Crippen LogP contribution in [-0.2, 0) is 30.5 Å². The summed E-state index contributed by atoms with van der Waals surface area (Å²) in [6.07, 6.45) is 9.34. The van der Waals surface area contributed by atoms with E-state index in [9.17, 15) is 15.0 Å². The number of carboxylic acid groups (broad SMARTS) is 1. The molecular weight excluding hydrogens is 412 g/mol. The topological polar surface area (TPSA) is 57.5 Å². The molecule has 30 heavy (non-hydrogen) atoms. The predicted octanol–water partition coefficient (Wildman–Crippen LogP) is 6.76. The van der Waals surface area contributed by atoms with Crippen molar-refractivity contribution in [1.29, 1.82) is 0 Å². The first kappa shape index (κ1) is 25.1. The van der Waals surface area contributed by atoms with Gasteiger partial charge >= 0.3 is 5.97 Å². The van der Waals surface area contributed by atoms with Crippen LogP contribution in [0.3, 0.4) is 0 Å². The molecule has 2 heterocycles. The third-order valence-corrected chi connectivity index (χ3v) is 8.20. The zero-order valence-corrected chi connectivity index (χ0v) is 20.6. The summed E-state index contributed by atoms with van der Waals surface area (Å²) in [4.78, 5) is 16.9. The number of hydrogen-bond acceptors (Lipinski definition) is 4. The maximum Gasteiger partial charge on any atom is 0.309 e. The summed E-state index contributed by atoms with van der Waals surface area (Å²) in [6, 6.07) is 9.00. The molecule has 0 aliphatic carbocycles. The maximum absolute atomic E-state index is 11.2. The average Bonchev–Trinajstić information content (AvgIpc) is 3.31. The van der Waals surface area contributed by atoms with Crippen LogP contribution in [-0.4, -0.2) is 22.8 Å². The van der Waals surface area contributed by atoms with Crippen molar-refractivity contribution < 1.29 is 15.0 Å². The van der Waals surface area contributed by atoms with Crippen LogP contribution in [0.4, 0.5) is 0 Å². The molecule has 0 aliphatic rings. The van der Waals surface area contributed by atoms with Crippen LogP contribution in [0.1, 0.15) is 79.3 Å². The fraction of sp³-hybridized carbons (Fsp3) is 0.640. The molecular formula is C25H38O3S2. The van der Waals surface area contributed by atoms with E-state index in [1.54, 1.807) is 13.8 Å². The molecule has 2 aromatic heterocycles. The van der Waals surface area contributed by atoms with Crippen LogP contribution in [0.15, 0.2) is 24.3 Å². The van der Waals surface area contributed by atoms with Crippen molar-refractivity contribution in [3.8, 4) is 0 Å². The fourth-order valence-corrected chi connectivity index (χ4v) is 5.65. The van der Waals surface area contributed by atoms with Crippen molar-refractivity contribution in [3.05, 3.63) is 43.8 Å².